The second kappa shape index (κ2) is 15.3. The van der Waals surface area contributed by atoms with E-state index < -0.39 is 17.5 Å². The van der Waals surface area contributed by atoms with Gasteiger partial charge in [0.05, 0.1) is 11.9 Å². The number of carboxylic acid groups (broad SMARTS) is 2. The van der Waals surface area contributed by atoms with Crippen molar-refractivity contribution in [3.8, 4) is 0 Å². The zero-order chi connectivity index (χ0) is 20.8. The van der Waals surface area contributed by atoms with Gasteiger partial charge in [-0.25, -0.2) is 0 Å². The minimum absolute atomic E-state index is 0. The standard InChI is InChI=1S/C22H31NO5.CH4/c1-2-3-4-5-6-7-8-9-10-11-20(24)23-18-14-12-17(13-15-18)16-19(21(25)26)22(27)28;/h12-16H,2-11H2,1H3,(H,23,24)(H,25,26)(H,27,28);1H4/p-2. The lowest BCUT2D eigenvalue weighted by Crippen LogP contribution is -2.36. The molecule has 0 heterocycles. The highest BCUT2D eigenvalue weighted by Gasteiger charge is 2.04. The summed E-state index contributed by atoms with van der Waals surface area (Å²) in [6.07, 6.45) is 12.1. The third kappa shape index (κ3) is 11.7. The van der Waals surface area contributed by atoms with Crippen LogP contribution in [0.15, 0.2) is 29.8 Å². The number of carbonyl (C=O) groups excluding carboxylic acids is 3. The van der Waals surface area contributed by atoms with Crippen molar-refractivity contribution in [2.24, 2.45) is 0 Å². The van der Waals surface area contributed by atoms with Gasteiger partial charge in [-0.1, -0.05) is 77.8 Å². The maximum Gasteiger partial charge on any atom is 0.224 e. The molecule has 0 fully saturated rings. The van der Waals surface area contributed by atoms with E-state index in [-0.39, 0.29) is 13.3 Å². The number of benzene rings is 1. The molecular formula is C23H33NO5-2. The molecule has 0 atom stereocenters. The Hall–Kier alpha value is -2.63. The van der Waals surface area contributed by atoms with Gasteiger partial charge in [-0.3, -0.25) is 4.79 Å². The van der Waals surface area contributed by atoms with E-state index in [0.29, 0.717) is 17.7 Å². The number of aliphatic carboxylic acids is 2. The monoisotopic (exact) mass is 403 g/mol. The summed E-state index contributed by atoms with van der Waals surface area (Å²) in [5, 5.41) is 24.2. The van der Waals surface area contributed by atoms with Crippen molar-refractivity contribution in [1.82, 2.24) is 0 Å². The zero-order valence-electron chi connectivity index (χ0n) is 16.5. The lowest BCUT2D eigenvalue weighted by atomic mass is 10.1. The van der Waals surface area contributed by atoms with Crippen LogP contribution in [0.1, 0.15) is 84.1 Å². The molecule has 162 valence electrons. The van der Waals surface area contributed by atoms with Gasteiger partial charge in [0.1, 0.15) is 0 Å². The molecule has 0 radical (unpaired) electrons. The summed E-state index contributed by atoms with van der Waals surface area (Å²) in [7, 11) is 0. The summed E-state index contributed by atoms with van der Waals surface area (Å²) in [4.78, 5) is 33.4. The fourth-order valence-electron chi connectivity index (χ4n) is 2.85. The van der Waals surface area contributed by atoms with E-state index in [0.717, 1.165) is 25.3 Å². The van der Waals surface area contributed by atoms with E-state index in [1.54, 1.807) is 12.1 Å². The quantitative estimate of drug-likeness (QED) is 0.222. The molecule has 29 heavy (non-hydrogen) atoms. The third-order valence-electron chi connectivity index (χ3n) is 4.45. The lowest BCUT2D eigenvalue weighted by molar-refractivity contribution is -0.311. The predicted octanol–water partition coefficient (Wildman–Crippen LogP) is 3.07. The summed E-state index contributed by atoms with van der Waals surface area (Å²) in [5.74, 6) is -3.69. The molecule has 0 aliphatic heterocycles. The first-order valence-electron chi connectivity index (χ1n) is 9.98. The van der Waals surface area contributed by atoms with Crippen LogP contribution in [-0.4, -0.2) is 17.8 Å². The van der Waals surface area contributed by atoms with Gasteiger partial charge in [-0.05, 0) is 30.2 Å². The Labute approximate surface area is 174 Å². The van der Waals surface area contributed by atoms with Crippen LogP contribution >= 0.6 is 0 Å². The second-order valence-corrected chi connectivity index (χ2v) is 6.88. The minimum atomic E-state index is -1.81. The van der Waals surface area contributed by atoms with Gasteiger partial charge in [0.2, 0.25) is 5.91 Å². The Kier molecular flexibility index (Phi) is 13.9. The van der Waals surface area contributed by atoms with Crippen LogP contribution in [0.3, 0.4) is 0 Å². The van der Waals surface area contributed by atoms with Gasteiger partial charge in [0.25, 0.3) is 0 Å². The van der Waals surface area contributed by atoms with Crippen LogP contribution in [0.4, 0.5) is 5.69 Å². The molecule has 1 rings (SSSR count). The van der Waals surface area contributed by atoms with Crippen LogP contribution in [0.25, 0.3) is 6.08 Å². The smallest absolute Gasteiger partial charge is 0.224 e. The van der Waals surface area contributed by atoms with Crippen molar-refractivity contribution < 1.29 is 24.6 Å². The summed E-state index contributed by atoms with van der Waals surface area (Å²) >= 11 is 0. The van der Waals surface area contributed by atoms with E-state index in [1.165, 1.54) is 50.7 Å². The maximum absolute atomic E-state index is 12.0. The van der Waals surface area contributed by atoms with Gasteiger partial charge in [-0.2, -0.15) is 0 Å². The predicted molar refractivity (Wildman–Crippen MR) is 112 cm³/mol. The molecule has 0 saturated heterocycles. The molecule has 0 unspecified atom stereocenters. The minimum Gasteiger partial charge on any atom is -0.545 e. The fraction of sp³-hybridized carbons (Fsp3) is 0.522. The van der Waals surface area contributed by atoms with Crippen LogP contribution in [0.2, 0.25) is 0 Å². The van der Waals surface area contributed by atoms with E-state index in [4.69, 9.17) is 0 Å². The summed E-state index contributed by atoms with van der Waals surface area (Å²) in [6.45, 7) is 2.21. The lowest BCUT2D eigenvalue weighted by Gasteiger charge is -2.10. The topological polar surface area (TPSA) is 109 Å². The zero-order valence-corrected chi connectivity index (χ0v) is 16.5. The SMILES string of the molecule is C.CCCCCCCCCCCC(=O)Nc1ccc(C=C(C(=O)[O-])C(=O)[O-])cc1. The summed E-state index contributed by atoms with van der Waals surface area (Å²) < 4.78 is 0. The fourth-order valence-corrected chi connectivity index (χ4v) is 2.85. The third-order valence-corrected chi connectivity index (χ3v) is 4.45. The molecule has 0 spiro atoms. The van der Waals surface area contributed by atoms with Gasteiger partial charge >= 0.3 is 0 Å². The van der Waals surface area contributed by atoms with Crippen molar-refractivity contribution in [2.75, 3.05) is 5.32 Å². The number of unbranched alkanes of at least 4 members (excludes halogenated alkanes) is 8. The number of anilines is 1. The van der Waals surface area contributed by atoms with Crippen molar-refractivity contribution in [1.29, 1.82) is 0 Å². The Morgan fingerprint density at radius 2 is 1.31 bits per heavy atom. The Bertz CT molecular complexity index is 648. The van der Waals surface area contributed by atoms with Gasteiger partial charge < -0.3 is 25.1 Å². The maximum atomic E-state index is 12.0. The van der Waals surface area contributed by atoms with Crippen molar-refractivity contribution >= 4 is 29.6 Å². The van der Waals surface area contributed by atoms with Crippen molar-refractivity contribution in [2.45, 2.75) is 78.6 Å². The summed E-state index contributed by atoms with van der Waals surface area (Å²) in [5.41, 5.74) is 0.00371. The van der Waals surface area contributed by atoms with E-state index >= 15 is 0 Å². The largest absolute Gasteiger partial charge is 0.545 e. The van der Waals surface area contributed by atoms with E-state index in [1.807, 2.05) is 0 Å². The first-order valence-corrected chi connectivity index (χ1v) is 9.98. The molecule has 1 N–H and O–H groups in total. The molecule has 0 saturated carbocycles. The molecule has 1 aromatic carbocycles. The number of carbonyl (C=O) groups is 3. The average molecular weight is 404 g/mol. The van der Waals surface area contributed by atoms with Crippen molar-refractivity contribution in [3.05, 3.63) is 35.4 Å². The highest BCUT2D eigenvalue weighted by molar-refractivity contribution is 6.14. The normalized spacial score (nSPS) is 9.97. The number of amides is 1. The number of rotatable bonds is 14. The molecule has 0 aromatic heterocycles. The first-order chi connectivity index (χ1) is 13.4. The van der Waals surface area contributed by atoms with Crippen LogP contribution < -0.4 is 15.5 Å². The van der Waals surface area contributed by atoms with Crippen molar-refractivity contribution in [3.63, 3.8) is 0 Å². The Balaban J connectivity index is 0.00000784. The molecule has 1 aromatic rings. The van der Waals surface area contributed by atoms with Gasteiger partial charge in [0.15, 0.2) is 0 Å². The average Bonchev–Trinajstić information content (AvgIpc) is 2.65. The van der Waals surface area contributed by atoms with E-state index in [9.17, 15) is 24.6 Å². The van der Waals surface area contributed by atoms with Crippen LogP contribution in [-0.2, 0) is 14.4 Å². The first kappa shape index (κ1) is 26.4. The molecule has 0 bridgehead atoms. The highest BCUT2D eigenvalue weighted by Crippen LogP contribution is 2.14. The molecule has 6 heteroatoms. The van der Waals surface area contributed by atoms with E-state index in [2.05, 4.69) is 12.2 Å². The molecule has 0 aliphatic rings. The number of hydrogen-bond donors (Lipinski definition) is 1. The van der Waals surface area contributed by atoms with Gasteiger partial charge in [0, 0.05) is 17.7 Å². The molecular weight excluding hydrogens is 370 g/mol. The van der Waals surface area contributed by atoms with Gasteiger partial charge in [-0.15, -0.1) is 0 Å². The number of carboxylic acids is 2. The second-order valence-electron chi connectivity index (χ2n) is 6.88. The Morgan fingerprint density at radius 1 is 0.828 bits per heavy atom. The molecule has 6 nitrogen and oxygen atoms in total. The highest BCUT2D eigenvalue weighted by atomic mass is 16.4. The Morgan fingerprint density at radius 3 is 1.79 bits per heavy atom. The van der Waals surface area contributed by atoms with Crippen LogP contribution in [0, 0.1) is 0 Å². The molecule has 0 aliphatic carbocycles. The molecule has 1 amide bonds. The summed E-state index contributed by atoms with van der Waals surface area (Å²) in [6, 6.07) is 6.20. The number of hydrogen-bond acceptors (Lipinski definition) is 5. The number of nitrogens with one attached hydrogen (secondary N) is 1. The van der Waals surface area contributed by atoms with Crippen LogP contribution in [0.5, 0.6) is 0 Å².